The third kappa shape index (κ3) is 5.14. The number of alkyl carbamates (subject to hydrolysis) is 1. The number of hydrogen-bond donors (Lipinski definition) is 4. The van der Waals surface area contributed by atoms with Crippen molar-refractivity contribution in [2.24, 2.45) is 0 Å². The molecule has 0 saturated heterocycles. The van der Waals surface area contributed by atoms with Gasteiger partial charge in [-0.15, -0.1) is 0 Å². The summed E-state index contributed by atoms with van der Waals surface area (Å²) in [5, 5.41) is 27.6. The number of rotatable bonds is 6. The Kier molecular flexibility index (Phi) is 6.00. The van der Waals surface area contributed by atoms with Crippen LogP contribution in [-0.2, 0) is 11.3 Å². The molecule has 0 bridgehead atoms. The molecule has 1 aromatic rings. The number of anilines is 2. The molecule has 1 rings (SSSR count). The molecule has 1 heterocycles. The highest BCUT2D eigenvalue weighted by Gasteiger charge is 2.16. The summed E-state index contributed by atoms with van der Waals surface area (Å²) in [5.41, 5.74) is 5.42. The Balaban J connectivity index is 2.50. The molecular weight excluding hydrogens is 288 g/mol. The molecule has 0 spiro atoms. The van der Waals surface area contributed by atoms with E-state index in [-0.39, 0.29) is 24.5 Å². The van der Waals surface area contributed by atoms with Crippen molar-refractivity contribution in [1.29, 1.82) is 5.26 Å². The van der Waals surface area contributed by atoms with Crippen LogP contribution in [0.25, 0.3) is 0 Å². The first-order chi connectivity index (χ1) is 10.3. The van der Waals surface area contributed by atoms with Crippen LogP contribution in [0.2, 0.25) is 0 Å². The number of nitrogens with two attached hydrogens (primary N) is 1. The fourth-order valence-corrected chi connectivity index (χ4v) is 1.63. The second-order valence-electron chi connectivity index (χ2n) is 5.52. The molecule has 0 atom stereocenters. The number of nitrogens with one attached hydrogen (secondary N) is 2. The standard InChI is InChI=1S/C13H22N6O3/c1-13(2,3)22-12(21)17-5-4-16-11-9(8-14)10(15)19(18-11)6-7-20/h20H,4-7,15H2,1-3H3,(H,16,18)(H,17,21). The Morgan fingerprint density at radius 1 is 1.50 bits per heavy atom. The minimum atomic E-state index is -0.553. The van der Waals surface area contributed by atoms with E-state index in [1.54, 1.807) is 20.8 Å². The smallest absolute Gasteiger partial charge is 0.407 e. The van der Waals surface area contributed by atoms with Crippen LogP contribution in [0.3, 0.4) is 0 Å². The van der Waals surface area contributed by atoms with Crippen LogP contribution in [0, 0.1) is 11.3 Å². The molecular formula is C13H22N6O3. The van der Waals surface area contributed by atoms with Gasteiger partial charge in [0.15, 0.2) is 5.82 Å². The maximum Gasteiger partial charge on any atom is 0.407 e. The SMILES string of the molecule is CC(C)(C)OC(=O)NCCNc1nn(CCO)c(N)c1C#N. The van der Waals surface area contributed by atoms with E-state index in [2.05, 4.69) is 15.7 Å². The maximum absolute atomic E-state index is 11.5. The van der Waals surface area contributed by atoms with Gasteiger partial charge >= 0.3 is 6.09 Å². The van der Waals surface area contributed by atoms with Gasteiger partial charge in [0.1, 0.15) is 23.1 Å². The Hall–Kier alpha value is -2.47. The number of carbonyl (C=O) groups is 1. The predicted octanol–water partition coefficient (Wildman–Crippen LogP) is 0.266. The summed E-state index contributed by atoms with van der Waals surface area (Å²) in [4.78, 5) is 11.5. The predicted molar refractivity (Wildman–Crippen MR) is 81.2 cm³/mol. The van der Waals surface area contributed by atoms with E-state index in [9.17, 15) is 4.79 Å². The molecule has 0 aromatic carbocycles. The first kappa shape index (κ1) is 17.6. The first-order valence-corrected chi connectivity index (χ1v) is 6.86. The number of aliphatic hydroxyl groups is 1. The number of carbonyl (C=O) groups excluding carboxylic acids is 1. The van der Waals surface area contributed by atoms with Crippen molar-refractivity contribution in [2.75, 3.05) is 30.7 Å². The molecule has 0 saturated carbocycles. The number of nitrogens with zero attached hydrogens (tertiary/aromatic N) is 3. The summed E-state index contributed by atoms with van der Waals surface area (Å²) in [6.45, 7) is 6.06. The van der Waals surface area contributed by atoms with E-state index in [0.717, 1.165) is 0 Å². The van der Waals surface area contributed by atoms with Gasteiger partial charge in [-0.05, 0) is 20.8 Å². The van der Waals surface area contributed by atoms with E-state index in [0.29, 0.717) is 18.9 Å². The lowest BCUT2D eigenvalue weighted by Crippen LogP contribution is -2.35. The van der Waals surface area contributed by atoms with Crippen LogP contribution < -0.4 is 16.4 Å². The molecule has 9 nitrogen and oxygen atoms in total. The summed E-state index contributed by atoms with van der Waals surface area (Å²) < 4.78 is 6.44. The molecule has 0 aliphatic rings. The van der Waals surface area contributed by atoms with E-state index >= 15 is 0 Å². The van der Waals surface area contributed by atoms with Gasteiger partial charge in [-0.2, -0.15) is 10.4 Å². The number of aliphatic hydroxyl groups excluding tert-OH is 1. The molecule has 1 amide bonds. The molecule has 0 aliphatic heterocycles. The zero-order chi connectivity index (χ0) is 16.8. The highest BCUT2D eigenvalue weighted by atomic mass is 16.6. The quantitative estimate of drug-likeness (QED) is 0.553. The second-order valence-corrected chi connectivity index (χ2v) is 5.52. The molecule has 0 radical (unpaired) electrons. The fourth-order valence-electron chi connectivity index (χ4n) is 1.63. The van der Waals surface area contributed by atoms with Gasteiger partial charge in [-0.1, -0.05) is 0 Å². The minimum absolute atomic E-state index is 0.129. The average Bonchev–Trinajstić information content (AvgIpc) is 2.69. The van der Waals surface area contributed by atoms with Gasteiger partial charge < -0.3 is 26.2 Å². The van der Waals surface area contributed by atoms with Gasteiger partial charge in [0.2, 0.25) is 0 Å². The number of nitrogen functional groups attached to an aromatic ring is 1. The number of ether oxygens (including phenoxy) is 1. The van der Waals surface area contributed by atoms with Gasteiger partial charge in [-0.3, -0.25) is 0 Å². The molecule has 22 heavy (non-hydrogen) atoms. The largest absolute Gasteiger partial charge is 0.444 e. The van der Waals surface area contributed by atoms with Crippen LogP contribution in [-0.4, -0.2) is 46.3 Å². The van der Waals surface area contributed by atoms with E-state index in [4.69, 9.17) is 20.8 Å². The second kappa shape index (κ2) is 7.51. The van der Waals surface area contributed by atoms with Crippen LogP contribution in [0.4, 0.5) is 16.4 Å². The van der Waals surface area contributed by atoms with Gasteiger partial charge in [0.25, 0.3) is 0 Å². The molecule has 9 heteroatoms. The highest BCUT2D eigenvalue weighted by molar-refractivity contribution is 5.68. The number of aromatic nitrogens is 2. The average molecular weight is 310 g/mol. The molecule has 122 valence electrons. The van der Waals surface area contributed by atoms with Crippen molar-refractivity contribution in [3.05, 3.63) is 5.56 Å². The third-order valence-electron chi connectivity index (χ3n) is 2.50. The summed E-state index contributed by atoms with van der Waals surface area (Å²) in [6, 6.07) is 1.96. The summed E-state index contributed by atoms with van der Waals surface area (Å²) >= 11 is 0. The maximum atomic E-state index is 11.5. The lowest BCUT2D eigenvalue weighted by Gasteiger charge is -2.19. The number of nitriles is 1. The Morgan fingerprint density at radius 2 is 2.18 bits per heavy atom. The van der Waals surface area contributed by atoms with Crippen LogP contribution in [0.5, 0.6) is 0 Å². The monoisotopic (exact) mass is 310 g/mol. The van der Waals surface area contributed by atoms with Crippen molar-refractivity contribution < 1.29 is 14.6 Å². The van der Waals surface area contributed by atoms with Crippen molar-refractivity contribution in [1.82, 2.24) is 15.1 Å². The summed E-state index contributed by atoms with van der Waals surface area (Å²) in [6.07, 6.45) is -0.514. The van der Waals surface area contributed by atoms with Crippen LogP contribution >= 0.6 is 0 Å². The zero-order valence-corrected chi connectivity index (χ0v) is 13.0. The molecule has 5 N–H and O–H groups in total. The van der Waals surface area contributed by atoms with Crippen LogP contribution in [0.15, 0.2) is 0 Å². The lowest BCUT2D eigenvalue weighted by molar-refractivity contribution is 0.0530. The fraction of sp³-hybridized carbons (Fsp3) is 0.615. The van der Waals surface area contributed by atoms with Crippen molar-refractivity contribution >= 4 is 17.7 Å². The number of amides is 1. The normalized spacial score (nSPS) is 10.9. The van der Waals surface area contributed by atoms with Crippen molar-refractivity contribution in [3.63, 3.8) is 0 Å². The van der Waals surface area contributed by atoms with Crippen molar-refractivity contribution in [3.8, 4) is 6.07 Å². The lowest BCUT2D eigenvalue weighted by atomic mass is 10.2. The molecule has 0 unspecified atom stereocenters. The first-order valence-electron chi connectivity index (χ1n) is 6.86. The molecule has 0 aliphatic carbocycles. The van der Waals surface area contributed by atoms with Gasteiger partial charge in [0, 0.05) is 13.1 Å². The molecule has 0 fully saturated rings. The van der Waals surface area contributed by atoms with E-state index < -0.39 is 11.7 Å². The van der Waals surface area contributed by atoms with E-state index in [1.165, 1.54) is 4.68 Å². The minimum Gasteiger partial charge on any atom is -0.444 e. The summed E-state index contributed by atoms with van der Waals surface area (Å²) in [5.74, 6) is 0.513. The Bertz CT molecular complexity index is 555. The van der Waals surface area contributed by atoms with E-state index in [1.807, 2.05) is 6.07 Å². The zero-order valence-electron chi connectivity index (χ0n) is 13.0. The number of hydrogen-bond acceptors (Lipinski definition) is 7. The summed E-state index contributed by atoms with van der Waals surface area (Å²) in [7, 11) is 0. The van der Waals surface area contributed by atoms with Gasteiger partial charge in [0.05, 0.1) is 13.2 Å². The van der Waals surface area contributed by atoms with Crippen molar-refractivity contribution in [2.45, 2.75) is 32.9 Å². The third-order valence-corrected chi connectivity index (χ3v) is 2.50. The highest BCUT2D eigenvalue weighted by Crippen LogP contribution is 2.19. The topological polar surface area (TPSA) is 138 Å². The Morgan fingerprint density at radius 3 is 2.73 bits per heavy atom. The van der Waals surface area contributed by atoms with Gasteiger partial charge in [-0.25, -0.2) is 9.48 Å². The van der Waals surface area contributed by atoms with Crippen LogP contribution in [0.1, 0.15) is 26.3 Å². The molecule has 1 aromatic heterocycles. The Labute approximate surface area is 129 Å².